The Morgan fingerprint density at radius 1 is 1.25 bits per heavy atom. The zero-order valence-corrected chi connectivity index (χ0v) is 18.7. The lowest BCUT2D eigenvalue weighted by Gasteiger charge is -2.25. The minimum atomic E-state index is -0.648. The van der Waals surface area contributed by atoms with Gasteiger partial charge < -0.3 is 10.2 Å². The number of carbonyl (C=O) groups excluding carboxylic acids is 1. The van der Waals surface area contributed by atoms with Crippen LogP contribution in [-0.2, 0) is 17.9 Å². The van der Waals surface area contributed by atoms with Gasteiger partial charge in [0, 0.05) is 25.3 Å². The van der Waals surface area contributed by atoms with Gasteiger partial charge in [0.25, 0.3) is 5.56 Å². The van der Waals surface area contributed by atoms with Gasteiger partial charge in [0.1, 0.15) is 17.1 Å². The van der Waals surface area contributed by atoms with Gasteiger partial charge in [-0.15, -0.1) is 6.58 Å². The van der Waals surface area contributed by atoms with Crippen LogP contribution >= 0.6 is 22.9 Å². The summed E-state index contributed by atoms with van der Waals surface area (Å²) in [4.78, 5) is 45.3. The second kappa shape index (κ2) is 9.25. The number of halogens is 2. The fraction of sp³-hybridized carbons (Fsp3) is 0.333. The molecule has 1 fully saturated rings. The molecule has 0 spiro atoms. The summed E-state index contributed by atoms with van der Waals surface area (Å²) in [5, 5.41) is 3.12. The third-order valence-electron chi connectivity index (χ3n) is 5.20. The minimum Gasteiger partial charge on any atom is -0.348 e. The Morgan fingerprint density at radius 3 is 2.69 bits per heavy atom. The second-order valence-corrected chi connectivity index (χ2v) is 8.83. The fourth-order valence-electron chi connectivity index (χ4n) is 3.64. The fourth-order valence-corrected chi connectivity index (χ4v) is 4.89. The Labute approximate surface area is 191 Å². The molecule has 1 aliphatic rings. The minimum absolute atomic E-state index is 0.0136. The van der Waals surface area contributed by atoms with E-state index < -0.39 is 23.0 Å². The molecule has 2 aromatic heterocycles. The Hall–Kier alpha value is -2.98. The van der Waals surface area contributed by atoms with E-state index in [1.165, 1.54) is 34.1 Å². The van der Waals surface area contributed by atoms with Gasteiger partial charge in [-0.05, 0) is 37.5 Å². The van der Waals surface area contributed by atoms with Gasteiger partial charge in [-0.3, -0.25) is 18.7 Å². The maximum atomic E-state index is 13.4. The highest BCUT2D eigenvalue weighted by molar-refractivity contribution is 7.22. The van der Waals surface area contributed by atoms with E-state index >= 15 is 0 Å². The number of allylic oxidation sites excluding steroid dienone is 1. The number of nitrogens with zero attached hydrogens (tertiary/aromatic N) is 4. The van der Waals surface area contributed by atoms with E-state index in [0.29, 0.717) is 9.83 Å². The summed E-state index contributed by atoms with van der Waals surface area (Å²) >= 11 is 6.99. The van der Waals surface area contributed by atoms with Gasteiger partial charge in [0.2, 0.25) is 5.91 Å². The summed E-state index contributed by atoms with van der Waals surface area (Å²) in [6.45, 7) is 4.91. The monoisotopic (exact) mass is 477 g/mol. The smallest absolute Gasteiger partial charge is 0.333 e. The van der Waals surface area contributed by atoms with Crippen molar-refractivity contribution in [3.63, 3.8) is 0 Å². The summed E-state index contributed by atoms with van der Waals surface area (Å²) in [5.74, 6) is -1.14. The standard InChI is InChI=1S/C21H21ClFN5O3S/c1-2-8-27-19(30)17-18(25-20(32-17)26-9-4-3-5-10-26)28(21(27)31)12-16(29)24-13-6-7-15(23)14(22)11-13/h2,6-7,11H,1,3-5,8-10,12H2,(H,24,29). The summed E-state index contributed by atoms with van der Waals surface area (Å²) in [6.07, 6.45) is 4.66. The molecule has 3 heterocycles. The van der Waals surface area contributed by atoms with Gasteiger partial charge in [-0.25, -0.2) is 14.2 Å². The predicted octanol–water partition coefficient (Wildman–Crippen LogP) is 3.23. The summed E-state index contributed by atoms with van der Waals surface area (Å²) in [7, 11) is 0. The molecule has 1 aromatic carbocycles. The summed E-state index contributed by atoms with van der Waals surface area (Å²) in [6, 6.07) is 3.79. The Morgan fingerprint density at radius 2 is 2.00 bits per heavy atom. The van der Waals surface area contributed by atoms with E-state index in [1.807, 2.05) is 0 Å². The third-order valence-corrected chi connectivity index (χ3v) is 6.58. The van der Waals surface area contributed by atoms with Crippen molar-refractivity contribution in [1.29, 1.82) is 0 Å². The molecule has 1 amide bonds. The SMILES string of the molecule is C=CCn1c(=O)c2sc(N3CCCCC3)nc2n(CC(=O)Nc2ccc(F)c(Cl)c2)c1=O. The molecule has 32 heavy (non-hydrogen) atoms. The van der Waals surface area contributed by atoms with Crippen LogP contribution < -0.4 is 21.5 Å². The van der Waals surface area contributed by atoms with E-state index in [9.17, 15) is 18.8 Å². The second-order valence-electron chi connectivity index (χ2n) is 7.45. The molecule has 0 aliphatic carbocycles. The van der Waals surface area contributed by atoms with Gasteiger partial charge in [0.05, 0.1) is 5.02 Å². The number of piperidine rings is 1. The first-order valence-electron chi connectivity index (χ1n) is 10.1. The zero-order chi connectivity index (χ0) is 22.8. The van der Waals surface area contributed by atoms with Gasteiger partial charge in [-0.1, -0.05) is 29.0 Å². The quantitative estimate of drug-likeness (QED) is 0.550. The van der Waals surface area contributed by atoms with Crippen molar-refractivity contribution in [2.45, 2.75) is 32.4 Å². The molecular weight excluding hydrogens is 457 g/mol. The van der Waals surface area contributed by atoms with E-state index in [2.05, 4.69) is 21.8 Å². The van der Waals surface area contributed by atoms with E-state index in [0.717, 1.165) is 43.0 Å². The molecule has 3 aromatic rings. The third kappa shape index (κ3) is 4.33. The first kappa shape index (κ1) is 22.2. The number of fused-ring (bicyclic) bond motifs is 1. The Balaban J connectivity index is 1.74. The number of amides is 1. The molecule has 4 rings (SSSR count). The highest BCUT2D eigenvalue weighted by Crippen LogP contribution is 2.28. The van der Waals surface area contributed by atoms with Crippen molar-refractivity contribution in [2.24, 2.45) is 0 Å². The van der Waals surface area contributed by atoms with Gasteiger partial charge in [-0.2, -0.15) is 0 Å². The molecule has 1 aliphatic heterocycles. The van der Waals surface area contributed by atoms with Crippen molar-refractivity contribution < 1.29 is 9.18 Å². The molecule has 0 atom stereocenters. The lowest BCUT2D eigenvalue weighted by molar-refractivity contribution is -0.116. The number of carbonyl (C=O) groups is 1. The molecule has 0 saturated carbocycles. The number of anilines is 2. The van der Waals surface area contributed by atoms with E-state index in [1.54, 1.807) is 0 Å². The van der Waals surface area contributed by atoms with Crippen LogP contribution in [0.1, 0.15) is 19.3 Å². The Bertz CT molecular complexity index is 1310. The van der Waals surface area contributed by atoms with Crippen LogP contribution in [0, 0.1) is 5.82 Å². The molecule has 1 saturated heterocycles. The Kier molecular flexibility index (Phi) is 6.43. The molecular formula is C21H21ClFN5O3S. The van der Waals surface area contributed by atoms with Crippen LogP contribution in [0.3, 0.4) is 0 Å². The lowest BCUT2D eigenvalue weighted by Crippen LogP contribution is -2.41. The molecule has 0 unspecified atom stereocenters. The number of aromatic nitrogens is 3. The molecule has 8 nitrogen and oxygen atoms in total. The highest BCUT2D eigenvalue weighted by atomic mass is 35.5. The van der Waals surface area contributed by atoms with Crippen LogP contribution in [0.5, 0.6) is 0 Å². The normalized spacial score (nSPS) is 14.0. The number of rotatable bonds is 6. The topological polar surface area (TPSA) is 89.2 Å². The predicted molar refractivity (Wildman–Crippen MR) is 124 cm³/mol. The maximum Gasteiger partial charge on any atom is 0.333 e. The molecule has 168 valence electrons. The summed E-state index contributed by atoms with van der Waals surface area (Å²) < 4.78 is 15.9. The number of nitrogens with one attached hydrogen (secondary N) is 1. The first-order valence-corrected chi connectivity index (χ1v) is 11.3. The number of hydrogen-bond acceptors (Lipinski definition) is 6. The number of benzene rings is 1. The average molecular weight is 478 g/mol. The van der Waals surface area contributed by atoms with Crippen LogP contribution in [0.25, 0.3) is 10.3 Å². The van der Waals surface area contributed by atoms with Crippen LogP contribution in [0.4, 0.5) is 15.2 Å². The number of thiazole rings is 1. The van der Waals surface area contributed by atoms with E-state index in [-0.39, 0.29) is 29.4 Å². The van der Waals surface area contributed by atoms with Crippen molar-refractivity contribution in [3.05, 3.63) is 62.5 Å². The van der Waals surface area contributed by atoms with Gasteiger partial charge >= 0.3 is 5.69 Å². The lowest BCUT2D eigenvalue weighted by atomic mass is 10.1. The van der Waals surface area contributed by atoms with Crippen LogP contribution in [-0.4, -0.2) is 33.1 Å². The molecule has 1 N–H and O–H groups in total. The van der Waals surface area contributed by atoms with E-state index in [4.69, 9.17) is 11.6 Å². The van der Waals surface area contributed by atoms with Crippen molar-refractivity contribution in [3.8, 4) is 0 Å². The van der Waals surface area contributed by atoms with Crippen molar-refractivity contribution in [2.75, 3.05) is 23.3 Å². The van der Waals surface area contributed by atoms with Crippen LogP contribution in [0.2, 0.25) is 5.02 Å². The zero-order valence-electron chi connectivity index (χ0n) is 17.1. The first-order chi connectivity index (χ1) is 15.4. The largest absolute Gasteiger partial charge is 0.348 e. The number of hydrogen-bond donors (Lipinski definition) is 1. The maximum absolute atomic E-state index is 13.4. The van der Waals surface area contributed by atoms with Gasteiger partial charge in [0.15, 0.2) is 10.8 Å². The van der Waals surface area contributed by atoms with Crippen molar-refractivity contribution >= 4 is 50.0 Å². The molecule has 0 bridgehead atoms. The summed E-state index contributed by atoms with van der Waals surface area (Å²) in [5.41, 5.74) is -0.631. The average Bonchev–Trinajstić information content (AvgIpc) is 3.23. The highest BCUT2D eigenvalue weighted by Gasteiger charge is 2.22. The van der Waals surface area contributed by atoms with Crippen LogP contribution in [0.15, 0.2) is 40.4 Å². The van der Waals surface area contributed by atoms with Crippen molar-refractivity contribution in [1.82, 2.24) is 14.1 Å². The molecule has 11 heteroatoms. The molecule has 0 radical (unpaired) electrons.